The molecule has 5 rings (SSSR count). The fourth-order valence-corrected chi connectivity index (χ4v) is 4.16. The number of fused-ring (bicyclic) bond motifs is 1. The Labute approximate surface area is 183 Å². The maximum absolute atomic E-state index is 13.1. The third kappa shape index (κ3) is 3.84. The molecule has 9 nitrogen and oxygen atoms in total. The van der Waals surface area contributed by atoms with E-state index in [1.807, 2.05) is 24.3 Å². The minimum atomic E-state index is -0.719. The zero-order chi connectivity index (χ0) is 21.9. The molecule has 32 heavy (non-hydrogen) atoms. The Balaban J connectivity index is 1.40. The van der Waals surface area contributed by atoms with Gasteiger partial charge in [0.25, 0.3) is 5.91 Å². The maximum Gasteiger partial charge on any atom is 0.359 e. The van der Waals surface area contributed by atoms with Gasteiger partial charge in [-0.3, -0.25) is 9.78 Å². The van der Waals surface area contributed by atoms with E-state index < -0.39 is 24.5 Å². The Morgan fingerprint density at radius 1 is 1.19 bits per heavy atom. The fraction of sp³-hybridized carbons (Fsp3) is 0.261. The van der Waals surface area contributed by atoms with Crippen LogP contribution in [0.3, 0.4) is 0 Å². The molecule has 3 aromatic rings. The van der Waals surface area contributed by atoms with E-state index in [1.165, 1.54) is 23.6 Å². The summed E-state index contributed by atoms with van der Waals surface area (Å²) in [4.78, 5) is 33.0. The summed E-state index contributed by atoms with van der Waals surface area (Å²) in [5.41, 5.74) is 1.90. The molecule has 1 saturated carbocycles. The highest BCUT2D eigenvalue weighted by atomic mass is 16.5. The second-order valence-electron chi connectivity index (χ2n) is 7.53. The smallest absolute Gasteiger partial charge is 0.359 e. The molecule has 0 aromatic carbocycles. The molecule has 1 aliphatic carbocycles. The SMILES string of the molecule is O=C(OCC(=O)N1N=C2C(=Cc3ccco3)CCCC2C1c1ccco1)c1cnccn1. The molecule has 4 heterocycles. The Kier molecular flexibility index (Phi) is 5.37. The molecule has 2 atom stereocenters. The summed E-state index contributed by atoms with van der Waals surface area (Å²) in [5.74, 6) is 0.199. The molecule has 0 saturated heterocycles. The number of hydrazone groups is 1. The van der Waals surface area contributed by atoms with Gasteiger partial charge in [0, 0.05) is 18.3 Å². The van der Waals surface area contributed by atoms with E-state index in [4.69, 9.17) is 13.6 Å². The standard InChI is InChI=1S/C23H20N4O5/c28-20(14-32-23(29)18-13-24-8-9-25-18)27-22(19-7-3-11-31-19)17-6-1-4-15(21(17)26-27)12-16-5-2-10-30-16/h2-3,5,7-13,17,22H,1,4,6,14H2. The number of carbonyl (C=O) groups excluding carboxylic acids is 2. The lowest BCUT2D eigenvalue weighted by Gasteiger charge is -2.27. The van der Waals surface area contributed by atoms with Crippen molar-refractivity contribution in [2.75, 3.05) is 6.61 Å². The predicted molar refractivity (Wildman–Crippen MR) is 112 cm³/mol. The number of rotatable bonds is 5. The Morgan fingerprint density at radius 3 is 2.81 bits per heavy atom. The number of furan rings is 2. The van der Waals surface area contributed by atoms with Crippen LogP contribution < -0.4 is 0 Å². The van der Waals surface area contributed by atoms with Crippen molar-refractivity contribution in [1.82, 2.24) is 15.0 Å². The molecule has 162 valence electrons. The molecular weight excluding hydrogens is 412 g/mol. The van der Waals surface area contributed by atoms with Crippen LogP contribution in [-0.2, 0) is 9.53 Å². The number of nitrogens with zero attached hydrogens (tertiary/aromatic N) is 4. The van der Waals surface area contributed by atoms with Gasteiger partial charge in [0.1, 0.15) is 17.6 Å². The van der Waals surface area contributed by atoms with Crippen LogP contribution in [0.15, 0.2) is 74.9 Å². The van der Waals surface area contributed by atoms with Crippen molar-refractivity contribution in [3.05, 3.63) is 78.2 Å². The summed E-state index contributed by atoms with van der Waals surface area (Å²) in [7, 11) is 0. The van der Waals surface area contributed by atoms with Crippen LogP contribution >= 0.6 is 0 Å². The quantitative estimate of drug-likeness (QED) is 0.566. The molecule has 0 radical (unpaired) electrons. The summed E-state index contributed by atoms with van der Waals surface area (Å²) in [6.45, 7) is -0.465. The normalized spacial score (nSPS) is 21.3. The van der Waals surface area contributed by atoms with Crippen molar-refractivity contribution in [3.63, 3.8) is 0 Å². The number of hydrogen-bond acceptors (Lipinski definition) is 8. The van der Waals surface area contributed by atoms with Crippen LogP contribution in [0.5, 0.6) is 0 Å². The zero-order valence-corrected chi connectivity index (χ0v) is 17.1. The number of esters is 1. The van der Waals surface area contributed by atoms with Gasteiger partial charge in [-0.1, -0.05) is 0 Å². The van der Waals surface area contributed by atoms with E-state index in [2.05, 4.69) is 15.1 Å². The lowest BCUT2D eigenvalue weighted by Crippen LogP contribution is -2.34. The lowest BCUT2D eigenvalue weighted by atomic mass is 9.79. The van der Waals surface area contributed by atoms with Gasteiger partial charge in [-0.15, -0.1) is 0 Å². The van der Waals surface area contributed by atoms with Crippen molar-refractivity contribution in [3.8, 4) is 0 Å². The molecule has 1 amide bonds. The third-order valence-corrected chi connectivity index (χ3v) is 5.55. The van der Waals surface area contributed by atoms with Gasteiger partial charge in [0.2, 0.25) is 0 Å². The third-order valence-electron chi connectivity index (χ3n) is 5.55. The highest BCUT2D eigenvalue weighted by molar-refractivity contribution is 6.08. The van der Waals surface area contributed by atoms with Crippen molar-refractivity contribution < 1.29 is 23.2 Å². The molecule has 1 fully saturated rings. The summed E-state index contributed by atoms with van der Waals surface area (Å²) >= 11 is 0. The number of carbonyl (C=O) groups is 2. The molecule has 2 aliphatic rings. The van der Waals surface area contributed by atoms with Gasteiger partial charge in [0.15, 0.2) is 12.3 Å². The van der Waals surface area contributed by atoms with E-state index >= 15 is 0 Å². The Bertz CT molecular complexity index is 1150. The highest BCUT2D eigenvalue weighted by Gasteiger charge is 2.45. The first-order chi connectivity index (χ1) is 15.7. The van der Waals surface area contributed by atoms with Crippen molar-refractivity contribution in [2.24, 2.45) is 11.0 Å². The minimum Gasteiger partial charge on any atom is -0.467 e. The topological polar surface area (TPSA) is 111 Å². The number of amides is 1. The van der Waals surface area contributed by atoms with Crippen LogP contribution in [0, 0.1) is 5.92 Å². The summed E-state index contributed by atoms with van der Waals surface area (Å²) in [6, 6.07) is 6.93. The van der Waals surface area contributed by atoms with Crippen LogP contribution in [0.25, 0.3) is 6.08 Å². The van der Waals surface area contributed by atoms with Crippen molar-refractivity contribution >= 4 is 23.7 Å². The van der Waals surface area contributed by atoms with Gasteiger partial charge in [-0.05, 0) is 55.2 Å². The van der Waals surface area contributed by atoms with Gasteiger partial charge in [-0.2, -0.15) is 5.10 Å². The lowest BCUT2D eigenvalue weighted by molar-refractivity contribution is -0.137. The zero-order valence-electron chi connectivity index (χ0n) is 17.1. The molecular formula is C23H20N4O5. The second kappa shape index (κ2) is 8.62. The van der Waals surface area contributed by atoms with E-state index in [1.54, 1.807) is 18.6 Å². The number of hydrogen-bond donors (Lipinski definition) is 0. The summed E-state index contributed by atoms with van der Waals surface area (Å²) < 4.78 is 16.3. The largest absolute Gasteiger partial charge is 0.467 e. The summed E-state index contributed by atoms with van der Waals surface area (Å²) in [6.07, 6.45) is 11.9. The van der Waals surface area contributed by atoms with E-state index in [0.717, 1.165) is 36.3 Å². The molecule has 0 N–H and O–H groups in total. The minimum absolute atomic E-state index is 0.0178. The van der Waals surface area contributed by atoms with Gasteiger partial charge >= 0.3 is 5.97 Å². The molecule has 0 bridgehead atoms. The average Bonchev–Trinajstić information content (AvgIpc) is 3.58. The van der Waals surface area contributed by atoms with Crippen molar-refractivity contribution in [1.29, 1.82) is 0 Å². The van der Waals surface area contributed by atoms with E-state index in [9.17, 15) is 9.59 Å². The monoisotopic (exact) mass is 432 g/mol. The second-order valence-corrected chi connectivity index (χ2v) is 7.53. The van der Waals surface area contributed by atoms with Gasteiger partial charge in [-0.25, -0.2) is 14.8 Å². The first-order valence-electron chi connectivity index (χ1n) is 10.3. The number of allylic oxidation sites excluding steroid dienone is 1. The molecule has 0 spiro atoms. The first kappa shape index (κ1) is 19.9. The highest BCUT2D eigenvalue weighted by Crippen LogP contribution is 2.44. The van der Waals surface area contributed by atoms with Gasteiger partial charge < -0.3 is 13.6 Å². The first-order valence-corrected chi connectivity index (χ1v) is 10.3. The van der Waals surface area contributed by atoms with Crippen LogP contribution in [0.2, 0.25) is 0 Å². The van der Waals surface area contributed by atoms with Crippen LogP contribution in [0.1, 0.15) is 47.3 Å². The molecule has 3 aromatic heterocycles. The van der Waals surface area contributed by atoms with E-state index in [-0.39, 0.29) is 11.6 Å². The van der Waals surface area contributed by atoms with Gasteiger partial charge in [0.05, 0.1) is 24.4 Å². The van der Waals surface area contributed by atoms with E-state index in [0.29, 0.717) is 5.76 Å². The fourth-order valence-electron chi connectivity index (χ4n) is 4.16. The molecule has 9 heteroatoms. The number of aromatic nitrogens is 2. The molecule has 1 aliphatic heterocycles. The van der Waals surface area contributed by atoms with Crippen molar-refractivity contribution in [2.45, 2.75) is 25.3 Å². The predicted octanol–water partition coefficient (Wildman–Crippen LogP) is 3.64. The van der Waals surface area contributed by atoms with Crippen LogP contribution in [0.4, 0.5) is 0 Å². The molecule has 2 unspecified atom stereocenters. The Morgan fingerprint density at radius 2 is 2.06 bits per heavy atom. The average molecular weight is 432 g/mol. The Hall–Kier alpha value is -4.01. The maximum atomic E-state index is 13.1. The summed E-state index contributed by atoms with van der Waals surface area (Å²) in [5, 5.41) is 6.05. The van der Waals surface area contributed by atoms with Crippen LogP contribution in [-0.4, -0.2) is 39.2 Å². The number of ether oxygens (including phenoxy) is 1.